The van der Waals surface area contributed by atoms with Crippen LogP contribution in [0.4, 0.5) is 17.3 Å². The summed E-state index contributed by atoms with van der Waals surface area (Å²) in [4.78, 5) is 21.4. The number of hydrogen-bond donors (Lipinski definition) is 2. The minimum atomic E-state index is -0.323. The highest BCUT2D eigenvalue weighted by Crippen LogP contribution is 2.26. The topological polar surface area (TPSA) is 85.4 Å². The van der Waals surface area contributed by atoms with E-state index in [1.807, 2.05) is 57.2 Å². The molecular weight excluding hydrogens is 368 g/mol. The van der Waals surface area contributed by atoms with Crippen LogP contribution in [0.5, 0.6) is 11.5 Å². The van der Waals surface area contributed by atoms with Crippen LogP contribution in [0.2, 0.25) is 0 Å². The predicted octanol–water partition coefficient (Wildman–Crippen LogP) is 4.58. The molecule has 150 valence electrons. The molecule has 3 aromatic rings. The number of benzene rings is 2. The van der Waals surface area contributed by atoms with Crippen LogP contribution in [0.3, 0.4) is 0 Å². The molecule has 0 saturated heterocycles. The molecule has 0 radical (unpaired) electrons. The lowest BCUT2D eigenvalue weighted by Gasteiger charge is -2.12. The summed E-state index contributed by atoms with van der Waals surface area (Å²) in [6, 6.07) is 16.3. The van der Waals surface area contributed by atoms with E-state index < -0.39 is 0 Å². The maximum Gasteiger partial charge on any atom is 0.274 e. The molecule has 0 spiro atoms. The van der Waals surface area contributed by atoms with Gasteiger partial charge in [-0.2, -0.15) is 0 Å². The molecule has 2 aromatic carbocycles. The molecule has 0 fully saturated rings. The summed E-state index contributed by atoms with van der Waals surface area (Å²) >= 11 is 0. The summed E-state index contributed by atoms with van der Waals surface area (Å²) in [5.41, 5.74) is 2.30. The molecule has 3 rings (SSSR count). The van der Waals surface area contributed by atoms with Gasteiger partial charge >= 0.3 is 0 Å². The number of para-hydroxylation sites is 2. The summed E-state index contributed by atoms with van der Waals surface area (Å²) in [6.45, 7) is 5.73. The van der Waals surface area contributed by atoms with Gasteiger partial charge in [-0.25, -0.2) is 9.97 Å². The molecule has 0 unspecified atom stereocenters. The summed E-state index contributed by atoms with van der Waals surface area (Å²) in [5, 5.41) is 5.95. The van der Waals surface area contributed by atoms with Crippen molar-refractivity contribution < 1.29 is 14.3 Å². The number of nitrogens with one attached hydrogen (secondary N) is 2. The zero-order valence-corrected chi connectivity index (χ0v) is 16.9. The molecule has 7 heteroatoms. The Balaban J connectivity index is 1.75. The molecule has 1 amide bonds. The molecule has 0 aliphatic heterocycles. The third-order valence-corrected chi connectivity index (χ3v) is 3.92. The van der Waals surface area contributed by atoms with Crippen molar-refractivity contribution in [1.82, 2.24) is 9.97 Å². The third-order valence-electron chi connectivity index (χ3n) is 3.92. The van der Waals surface area contributed by atoms with Crippen LogP contribution in [-0.4, -0.2) is 29.1 Å². The van der Waals surface area contributed by atoms with Gasteiger partial charge < -0.3 is 20.1 Å². The minimum absolute atomic E-state index is 0.0913. The Kier molecular flexibility index (Phi) is 6.29. The number of nitrogens with zero attached hydrogens (tertiary/aromatic N) is 2. The zero-order valence-electron chi connectivity index (χ0n) is 16.9. The zero-order chi connectivity index (χ0) is 20.8. The first-order valence-electron chi connectivity index (χ1n) is 9.28. The molecule has 0 saturated carbocycles. The molecule has 0 aliphatic carbocycles. The van der Waals surface area contributed by atoms with Gasteiger partial charge in [0.2, 0.25) is 5.95 Å². The smallest absolute Gasteiger partial charge is 0.274 e. The molecule has 1 heterocycles. The number of carbonyl (C=O) groups excluding carboxylic acids is 1. The van der Waals surface area contributed by atoms with Crippen molar-refractivity contribution in [1.29, 1.82) is 0 Å². The number of ether oxygens (including phenoxy) is 2. The molecule has 29 heavy (non-hydrogen) atoms. The molecule has 0 bridgehead atoms. The SMILES string of the molecule is COc1ccccc1Nc1nc(C)cc(C(=O)Nc2ccc(OC(C)C)cc2)n1. The lowest BCUT2D eigenvalue weighted by Crippen LogP contribution is -2.15. The van der Waals surface area contributed by atoms with E-state index in [0.29, 0.717) is 28.8 Å². The lowest BCUT2D eigenvalue weighted by atomic mass is 10.2. The van der Waals surface area contributed by atoms with Crippen molar-refractivity contribution in [3.63, 3.8) is 0 Å². The van der Waals surface area contributed by atoms with Gasteiger partial charge in [-0.1, -0.05) is 12.1 Å². The van der Waals surface area contributed by atoms with Crippen LogP contribution >= 0.6 is 0 Å². The molecule has 2 N–H and O–H groups in total. The highest BCUT2D eigenvalue weighted by molar-refractivity contribution is 6.03. The van der Waals surface area contributed by atoms with E-state index in [-0.39, 0.29) is 17.7 Å². The van der Waals surface area contributed by atoms with Crippen molar-refractivity contribution in [2.24, 2.45) is 0 Å². The van der Waals surface area contributed by atoms with Crippen LogP contribution in [0.1, 0.15) is 30.0 Å². The Morgan fingerprint density at radius 3 is 2.45 bits per heavy atom. The van der Waals surface area contributed by atoms with Crippen molar-refractivity contribution in [3.05, 3.63) is 66.0 Å². The summed E-state index contributed by atoms with van der Waals surface area (Å²) in [5.74, 6) is 1.41. The number of amides is 1. The van der Waals surface area contributed by atoms with Gasteiger partial charge in [0.05, 0.1) is 18.9 Å². The van der Waals surface area contributed by atoms with E-state index in [1.165, 1.54) is 0 Å². The normalized spacial score (nSPS) is 10.5. The Labute approximate surface area is 170 Å². The second-order valence-electron chi connectivity index (χ2n) is 6.69. The van der Waals surface area contributed by atoms with E-state index in [4.69, 9.17) is 9.47 Å². The fourth-order valence-corrected chi connectivity index (χ4v) is 2.69. The average molecular weight is 392 g/mol. The van der Waals surface area contributed by atoms with Gasteiger partial charge in [0.15, 0.2) is 0 Å². The van der Waals surface area contributed by atoms with Crippen LogP contribution in [0.15, 0.2) is 54.6 Å². The van der Waals surface area contributed by atoms with E-state index in [0.717, 1.165) is 5.75 Å². The number of rotatable bonds is 7. The first-order valence-corrected chi connectivity index (χ1v) is 9.28. The van der Waals surface area contributed by atoms with Gasteiger partial charge in [-0.15, -0.1) is 0 Å². The number of aromatic nitrogens is 2. The Morgan fingerprint density at radius 1 is 1.03 bits per heavy atom. The summed E-state index contributed by atoms with van der Waals surface area (Å²) < 4.78 is 10.9. The standard InChI is InChI=1S/C22H24N4O3/c1-14(2)29-17-11-9-16(10-12-17)24-21(27)19-13-15(3)23-22(26-19)25-18-7-5-6-8-20(18)28-4/h5-14H,1-4H3,(H,24,27)(H,23,25,26). The van der Waals surface area contributed by atoms with Gasteiger partial charge in [-0.05, 0) is 63.2 Å². The van der Waals surface area contributed by atoms with Crippen molar-refractivity contribution in [2.75, 3.05) is 17.7 Å². The van der Waals surface area contributed by atoms with E-state index >= 15 is 0 Å². The number of hydrogen-bond acceptors (Lipinski definition) is 6. The summed E-state index contributed by atoms with van der Waals surface area (Å²) in [7, 11) is 1.59. The number of carbonyl (C=O) groups is 1. The van der Waals surface area contributed by atoms with Gasteiger partial charge in [-0.3, -0.25) is 4.79 Å². The van der Waals surface area contributed by atoms with Gasteiger partial charge in [0, 0.05) is 11.4 Å². The first-order chi connectivity index (χ1) is 13.9. The van der Waals surface area contributed by atoms with Gasteiger partial charge in [0.1, 0.15) is 17.2 Å². The number of anilines is 3. The van der Waals surface area contributed by atoms with E-state index in [9.17, 15) is 4.79 Å². The highest BCUT2D eigenvalue weighted by Gasteiger charge is 2.12. The van der Waals surface area contributed by atoms with Crippen molar-refractivity contribution in [3.8, 4) is 11.5 Å². The summed E-state index contributed by atoms with van der Waals surface area (Å²) in [6.07, 6.45) is 0.0913. The van der Waals surface area contributed by atoms with Crippen LogP contribution in [0.25, 0.3) is 0 Å². The van der Waals surface area contributed by atoms with Crippen LogP contribution < -0.4 is 20.1 Å². The molecule has 0 aliphatic rings. The average Bonchev–Trinajstić information content (AvgIpc) is 2.69. The predicted molar refractivity (Wildman–Crippen MR) is 113 cm³/mol. The van der Waals surface area contributed by atoms with Crippen LogP contribution in [0, 0.1) is 6.92 Å². The molecule has 0 atom stereocenters. The Bertz CT molecular complexity index is 988. The number of aryl methyl sites for hydroxylation is 1. The van der Waals surface area contributed by atoms with Gasteiger partial charge in [0.25, 0.3) is 5.91 Å². The fourth-order valence-electron chi connectivity index (χ4n) is 2.69. The lowest BCUT2D eigenvalue weighted by molar-refractivity contribution is 0.102. The highest BCUT2D eigenvalue weighted by atomic mass is 16.5. The van der Waals surface area contributed by atoms with Crippen molar-refractivity contribution in [2.45, 2.75) is 26.9 Å². The third kappa shape index (κ3) is 5.44. The van der Waals surface area contributed by atoms with Crippen LogP contribution in [-0.2, 0) is 0 Å². The quantitative estimate of drug-likeness (QED) is 0.612. The minimum Gasteiger partial charge on any atom is -0.495 e. The van der Waals surface area contributed by atoms with E-state index in [1.54, 1.807) is 25.3 Å². The van der Waals surface area contributed by atoms with Crippen molar-refractivity contribution >= 4 is 23.2 Å². The van der Waals surface area contributed by atoms with E-state index in [2.05, 4.69) is 20.6 Å². The Hall–Kier alpha value is -3.61. The monoisotopic (exact) mass is 392 g/mol. The first kappa shape index (κ1) is 20.1. The second kappa shape index (κ2) is 9.05. The second-order valence-corrected chi connectivity index (χ2v) is 6.69. The fraction of sp³-hybridized carbons (Fsp3) is 0.227. The maximum absolute atomic E-state index is 12.7. The molecular formula is C22H24N4O3. The Morgan fingerprint density at radius 2 is 1.76 bits per heavy atom. The largest absolute Gasteiger partial charge is 0.495 e. The molecule has 1 aromatic heterocycles. The number of methoxy groups -OCH3 is 1. The molecule has 7 nitrogen and oxygen atoms in total. The maximum atomic E-state index is 12.7.